The molecule has 138 valence electrons. The van der Waals surface area contributed by atoms with Gasteiger partial charge in [-0.15, -0.1) is 0 Å². The van der Waals surface area contributed by atoms with E-state index in [1.165, 1.54) is 0 Å². The largest absolute Gasteiger partial charge is 0.354 e. The molecular weight excluding hydrogens is 397 g/mol. The summed E-state index contributed by atoms with van der Waals surface area (Å²) in [4.78, 5) is 20.8. The Labute approximate surface area is 167 Å². The van der Waals surface area contributed by atoms with Crippen LogP contribution in [0.2, 0.25) is 15.1 Å². The molecule has 1 aliphatic heterocycles. The van der Waals surface area contributed by atoms with Crippen molar-refractivity contribution in [3.8, 4) is 0 Å². The molecule has 1 amide bonds. The minimum atomic E-state index is -0.168. The Morgan fingerprint density at radius 3 is 2.38 bits per heavy atom. The fourth-order valence-corrected chi connectivity index (χ4v) is 3.62. The zero-order valence-corrected chi connectivity index (χ0v) is 16.2. The van der Waals surface area contributed by atoms with Crippen LogP contribution in [-0.4, -0.2) is 48.5 Å². The number of pyridine rings is 1. The van der Waals surface area contributed by atoms with Gasteiger partial charge in [0.1, 0.15) is 5.82 Å². The number of hydrogen-bond acceptors (Lipinski definition) is 5. The molecule has 1 aliphatic rings. The summed E-state index contributed by atoms with van der Waals surface area (Å²) in [6.45, 7) is 3.50. The summed E-state index contributed by atoms with van der Waals surface area (Å²) in [6.07, 6.45) is 1.79. The molecule has 1 aromatic carbocycles. The molecule has 1 saturated heterocycles. The van der Waals surface area contributed by atoms with Crippen molar-refractivity contribution in [3.05, 3.63) is 51.6 Å². The Hall–Kier alpha value is -1.73. The second kappa shape index (κ2) is 8.77. The van der Waals surface area contributed by atoms with E-state index in [1.54, 1.807) is 18.3 Å². The van der Waals surface area contributed by atoms with Crippen LogP contribution in [0.4, 0.5) is 11.5 Å². The summed E-state index contributed by atoms with van der Waals surface area (Å²) >= 11 is 18.0. The van der Waals surface area contributed by atoms with Crippen LogP contribution in [0.3, 0.4) is 0 Å². The molecular formula is C17H18Cl3N5O. The van der Waals surface area contributed by atoms with E-state index >= 15 is 0 Å². The Bertz CT molecular complexity index is 743. The molecule has 0 saturated carbocycles. The standard InChI is InChI=1S/C17H18Cl3N5O/c18-12-9-13(19)17(14(20)10-12)23-22-16(26)11-24-5-7-25(8-6-24)15-3-1-2-4-21-15/h1-4,9-10,23H,5-8,11H2,(H,22,26). The highest BCUT2D eigenvalue weighted by Crippen LogP contribution is 2.33. The maximum atomic E-state index is 12.2. The van der Waals surface area contributed by atoms with Gasteiger partial charge in [0, 0.05) is 37.4 Å². The fourth-order valence-electron chi connectivity index (χ4n) is 2.71. The Morgan fingerprint density at radius 2 is 1.77 bits per heavy atom. The number of nitrogens with zero attached hydrogens (tertiary/aromatic N) is 3. The lowest BCUT2D eigenvalue weighted by atomic mass is 10.3. The van der Waals surface area contributed by atoms with Crippen molar-refractivity contribution in [2.24, 2.45) is 0 Å². The number of carbonyl (C=O) groups is 1. The topological polar surface area (TPSA) is 60.5 Å². The summed E-state index contributed by atoms with van der Waals surface area (Å²) in [7, 11) is 0. The molecule has 0 spiro atoms. The number of hydrogen-bond donors (Lipinski definition) is 2. The van der Waals surface area contributed by atoms with Gasteiger partial charge in [0.25, 0.3) is 5.91 Å². The van der Waals surface area contributed by atoms with Gasteiger partial charge in [0.05, 0.1) is 22.3 Å². The number of nitrogens with one attached hydrogen (secondary N) is 2. The molecule has 0 bridgehead atoms. The summed E-state index contributed by atoms with van der Waals surface area (Å²) in [5, 5.41) is 1.11. The first-order valence-electron chi connectivity index (χ1n) is 8.10. The van der Waals surface area contributed by atoms with Gasteiger partial charge in [0.2, 0.25) is 0 Å². The van der Waals surface area contributed by atoms with Crippen molar-refractivity contribution >= 4 is 52.2 Å². The highest BCUT2D eigenvalue weighted by Gasteiger charge is 2.20. The van der Waals surface area contributed by atoms with Gasteiger partial charge < -0.3 is 4.90 Å². The molecule has 3 rings (SSSR count). The maximum absolute atomic E-state index is 12.2. The van der Waals surface area contributed by atoms with E-state index in [0.717, 1.165) is 32.0 Å². The highest BCUT2D eigenvalue weighted by molar-refractivity contribution is 6.41. The molecule has 1 fully saturated rings. The number of benzene rings is 1. The smallest absolute Gasteiger partial charge is 0.252 e. The van der Waals surface area contributed by atoms with E-state index in [0.29, 0.717) is 20.8 Å². The van der Waals surface area contributed by atoms with Crippen molar-refractivity contribution in [2.75, 3.05) is 43.0 Å². The molecule has 2 heterocycles. The third-order valence-corrected chi connectivity index (χ3v) is 4.86. The van der Waals surface area contributed by atoms with Crippen LogP contribution in [0, 0.1) is 0 Å². The van der Waals surface area contributed by atoms with E-state index in [1.807, 2.05) is 18.2 Å². The van der Waals surface area contributed by atoms with Gasteiger partial charge in [-0.05, 0) is 24.3 Å². The van der Waals surface area contributed by atoms with Crippen LogP contribution in [0.1, 0.15) is 0 Å². The van der Waals surface area contributed by atoms with Crippen molar-refractivity contribution in [1.29, 1.82) is 0 Å². The molecule has 0 unspecified atom stereocenters. The number of halogens is 3. The molecule has 0 atom stereocenters. The molecule has 26 heavy (non-hydrogen) atoms. The third kappa shape index (κ3) is 4.92. The predicted molar refractivity (Wildman–Crippen MR) is 106 cm³/mol. The van der Waals surface area contributed by atoms with E-state index in [-0.39, 0.29) is 12.5 Å². The number of rotatable bonds is 5. The zero-order valence-electron chi connectivity index (χ0n) is 13.9. The van der Waals surface area contributed by atoms with Crippen LogP contribution in [0.25, 0.3) is 0 Å². The van der Waals surface area contributed by atoms with Gasteiger partial charge in [-0.25, -0.2) is 4.98 Å². The normalized spacial score (nSPS) is 15.0. The van der Waals surface area contributed by atoms with Gasteiger partial charge in [-0.2, -0.15) is 0 Å². The summed E-state index contributed by atoms with van der Waals surface area (Å²) < 4.78 is 0. The average Bonchev–Trinajstić information content (AvgIpc) is 2.62. The first kappa shape index (κ1) is 19.0. The Balaban J connectivity index is 1.46. The zero-order chi connectivity index (χ0) is 18.5. The van der Waals surface area contributed by atoms with Crippen molar-refractivity contribution in [2.45, 2.75) is 0 Å². The number of hydrazine groups is 1. The van der Waals surface area contributed by atoms with E-state index < -0.39 is 0 Å². The van der Waals surface area contributed by atoms with Crippen molar-refractivity contribution in [1.82, 2.24) is 15.3 Å². The number of amides is 1. The van der Waals surface area contributed by atoms with E-state index in [2.05, 4.69) is 25.6 Å². The second-order valence-corrected chi connectivity index (χ2v) is 7.12. The van der Waals surface area contributed by atoms with Crippen LogP contribution in [0.15, 0.2) is 36.5 Å². The number of anilines is 2. The number of carbonyl (C=O) groups excluding carboxylic acids is 1. The summed E-state index contributed by atoms with van der Waals surface area (Å²) in [5.74, 6) is 0.795. The van der Waals surface area contributed by atoms with Crippen molar-refractivity contribution < 1.29 is 4.79 Å². The SMILES string of the molecule is O=C(CN1CCN(c2ccccn2)CC1)NNc1c(Cl)cc(Cl)cc1Cl. The first-order valence-corrected chi connectivity index (χ1v) is 9.24. The van der Waals surface area contributed by atoms with Gasteiger partial charge in [-0.1, -0.05) is 40.9 Å². The Morgan fingerprint density at radius 1 is 1.08 bits per heavy atom. The number of piperazine rings is 1. The fraction of sp³-hybridized carbons (Fsp3) is 0.294. The van der Waals surface area contributed by atoms with Crippen LogP contribution >= 0.6 is 34.8 Å². The quantitative estimate of drug-likeness (QED) is 0.735. The third-order valence-electron chi connectivity index (χ3n) is 4.05. The molecule has 2 aromatic rings. The molecule has 9 heteroatoms. The van der Waals surface area contributed by atoms with Gasteiger partial charge >= 0.3 is 0 Å². The van der Waals surface area contributed by atoms with E-state index in [4.69, 9.17) is 34.8 Å². The van der Waals surface area contributed by atoms with Crippen LogP contribution < -0.4 is 15.8 Å². The minimum Gasteiger partial charge on any atom is -0.354 e. The Kier molecular flexibility index (Phi) is 6.43. The average molecular weight is 415 g/mol. The predicted octanol–water partition coefficient (Wildman–Crippen LogP) is 3.31. The highest BCUT2D eigenvalue weighted by atomic mass is 35.5. The summed E-state index contributed by atoms with van der Waals surface area (Å²) in [5.41, 5.74) is 5.81. The minimum absolute atomic E-state index is 0.168. The summed E-state index contributed by atoms with van der Waals surface area (Å²) in [6, 6.07) is 8.98. The molecule has 2 N–H and O–H groups in total. The van der Waals surface area contributed by atoms with Gasteiger partial charge in [-0.3, -0.25) is 20.5 Å². The van der Waals surface area contributed by atoms with Crippen molar-refractivity contribution in [3.63, 3.8) is 0 Å². The molecule has 6 nitrogen and oxygen atoms in total. The number of aromatic nitrogens is 1. The lowest BCUT2D eigenvalue weighted by Gasteiger charge is -2.34. The lowest BCUT2D eigenvalue weighted by molar-refractivity contribution is -0.121. The van der Waals surface area contributed by atoms with E-state index in [9.17, 15) is 4.79 Å². The maximum Gasteiger partial charge on any atom is 0.252 e. The second-order valence-electron chi connectivity index (χ2n) is 5.87. The molecule has 0 aliphatic carbocycles. The first-order chi connectivity index (χ1) is 12.5. The van der Waals surface area contributed by atoms with Gasteiger partial charge in [0.15, 0.2) is 0 Å². The van der Waals surface area contributed by atoms with Crippen LogP contribution in [0.5, 0.6) is 0 Å². The monoisotopic (exact) mass is 413 g/mol. The van der Waals surface area contributed by atoms with Crippen LogP contribution in [-0.2, 0) is 4.79 Å². The molecule has 1 aromatic heterocycles. The lowest BCUT2D eigenvalue weighted by Crippen LogP contribution is -2.50. The molecule has 0 radical (unpaired) electrons.